The van der Waals surface area contributed by atoms with Gasteiger partial charge in [0.2, 0.25) is 0 Å². The molecule has 0 atom stereocenters. The van der Waals surface area contributed by atoms with E-state index in [4.69, 9.17) is 6.42 Å². The highest BCUT2D eigenvalue weighted by Crippen LogP contribution is 2.05. The van der Waals surface area contributed by atoms with Crippen molar-refractivity contribution in [2.45, 2.75) is 39.7 Å². The summed E-state index contributed by atoms with van der Waals surface area (Å²) < 4.78 is 1.73. The number of hydrogen-bond acceptors (Lipinski definition) is 2. The molecule has 0 aliphatic heterocycles. The van der Waals surface area contributed by atoms with Gasteiger partial charge in [-0.3, -0.25) is 9.48 Å². The van der Waals surface area contributed by atoms with Crippen molar-refractivity contribution < 1.29 is 4.79 Å². The minimum atomic E-state index is -0.0731. The number of unbranched alkanes of at least 4 members (excludes halogenated alkanes) is 1. The fourth-order valence-corrected chi connectivity index (χ4v) is 1.55. The second-order valence-electron chi connectivity index (χ2n) is 3.75. The van der Waals surface area contributed by atoms with E-state index in [0.717, 1.165) is 18.5 Å². The van der Waals surface area contributed by atoms with E-state index >= 15 is 0 Å². The van der Waals surface area contributed by atoms with Gasteiger partial charge in [0.15, 0.2) is 0 Å². The van der Waals surface area contributed by atoms with E-state index in [1.54, 1.807) is 4.68 Å². The van der Waals surface area contributed by atoms with Crippen LogP contribution in [0.25, 0.3) is 0 Å². The highest BCUT2D eigenvalue weighted by atomic mass is 16.2. The van der Waals surface area contributed by atoms with Gasteiger partial charge in [0, 0.05) is 19.5 Å². The fraction of sp³-hybridized carbons (Fsp3) is 0.538. The molecule has 92 valence electrons. The van der Waals surface area contributed by atoms with Gasteiger partial charge in [-0.1, -0.05) is 6.92 Å². The number of amides is 1. The maximum absolute atomic E-state index is 11.9. The maximum Gasteiger partial charge on any atom is 0.269 e. The molecule has 4 heteroatoms. The van der Waals surface area contributed by atoms with E-state index in [9.17, 15) is 4.79 Å². The number of aromatic nitrogens is 2. The van der Waals surface area contributed by atoms with E-state index in [0.29, 0.717) is 25.2 Å². The Morgan fingerprint density at radius 2 is 2.35 bits per heavy atom. The first-order chi connectivity index (χ1) is 8.22. The zero-order valence-electron chi connectivity index (χ0n) is 10.5. The highest BCUT2D eigenvalue weighted by molar-refractivity contribution is 5.92. The number of hydrogen-bond donors (Lipinski definition) is 1. The van der Waals surface area contributed by atoms with Crippen molar-refractivity contribution in [2.24, 2.45) is 0 Å². The second-order valence-corrected chi connectivity index (χ2v) is 3.75. The third-order valence-electron chi connectivity index (χ3n) is 2.51. The lowest BCUT2D eigenvalue weighted by atomic mass is 10.3. The Morgan fingerprint density at radius 1 is 1.59 bits per heavy atom. The molecule has 17 heavy (non-hydrogen) atoms. The molecule has 1 N–H and O–H groups in total. The third-order valence-corrected chi connectivity index (χ3v) is 2.51. The number of carbonyl (C=O) groups is 1. The average Bonchev–Trinajstić information content (AvgIpc) is 2.77. The summed E-state index contributed by atoms with van der Waals surface area (Å²) in [7, 11) is 0. The van der Waals surface area contributed by atoms with Crippen molar-refractivity contribution in [2.75, 3.05) is 6.54 Å². The largest absolute Gasteiger partial charge is 0.351 e. The second kappa shape index (κ2) is 6.74. The Hall–Kier alpha value is -1.76. The van der Waals surface area contributed by atoms with Gasteiger partial charge in [-0.15, -0.1) is 12.3 Å². The molecule has 4 nitrogen and oxygen atoms in total. The van der Waals surface area contributed by atoms with Crippen LogP contribution in [-0.4, -0.2) is 22.2 Å². The van der Waals surface area contributed by atoms with Crippen molar-refractivity contribution in [3.63, 3.8) is 0 Å². The van der Waals surface area contributed by atoms with E-state index in [1.165, 1.54) is 0 Å². The van der Waals surface area contributed by atoms with Crippen LogP contribution in [0.1, 0.15) is 42.9 Å². The van der Waals surface area contributed by atoms with Gasteiger partial charge in [-0.25, -0.2) is 0 Å². The molecular weight excluding hydrogens is 214 g/mol. The van der Waals surface area contributed by atoms with Crippen LogP contribution in [0.5, 0.6) is 0 Å². The van der Waals surface area contributed by atoms with Crippen LogP contribution in [0.4, 0.5) is 0 Å². The van der Waals surface area contributed by atoms with E-state index < -0.39 is 0 Å². The molecule has 0 spiro atoms. The van der Waals surface area contributed by atoms with E-state index in [2.05, 4.69) is 16.3 Å². The van der Waals surface area contributed by atoms with Gasteiger partial charge >= 0.3 is 0 Å². The molecule has 1 amide bonds. The smallest absolute Gasteiger partial charge is 0.269 e. The maximum atomic E-state index is 11.9. The molecule has 0 bridgehead atoms. The summed E-state index contributed by atoms with van der Waals surface area (Å²) in [6.45, 7) is 5.31. The molecule has 0 unspecified atom stereocenters. The first kappa shape index (κ1) is 13.3. The van der Waals surface area contributed by atoms with E-state index in [-0.39, 0.29) is 5.91 Å². The summed E-state index contributed by atoms with van der Waals surface area (Å²) in [5.41, 5.74) is 1.57. The van der Waals surface area contributed by atoms with Crippen LogP contribution < -0.4 is 5.32 Å². The minimum absolute atomic E-state index is 0.0731. The highest BCUT2D eigenvalue weighted by Gasteiger charge is 2.12. The minimum Gasteiger partial charge on any atom is -0.351 e. The molecule has 0 fully saturated rings. The molecule has 1 heterocycles. The van der Waals surface area contributed by atoms with Crippen LogP contribution >= 0.6 is 0 Å². The van der Waals surface area contributed by atoms with Crippen molar-refractivity contribution in [1.82, 2.24) is 15.1 Å². The van der Waals surface area contributed by atoms with Crippen LogP contribution in [0.3, 0.4) is 0 Å². The number of nitrogens with one attached hydrogen (secondary N) is 1. The molecule has 0 saturated carbocycles. The SMILES string of the molecule is C#CCCCNC(=O)c1cc(CC)nn1CC. The van der Waals surface area contributed by atoms with Crippen LogP contribution in [0.2, 0.25) is 0 Å². The quantitative estimate of drug-likeness (QED) is 0.599. The number of carbonyl (C=O) groups excluding carboxylic acids is 1. The van der Waals surface area contributed by atoms with E-state index in [1.807, 2.05) is 19.9 Å². The number of rotatable bonds is 6. The van der Waals surface area contributed by atoms with Gasteiger partial charge in [0.1, 0.15) is 5.69 Å². The van der Waals surface area contributed by atoms with Crippen molar-refractivity contribution >= 4 is 5.91 Å². The molecule has 1 aromatic heterocycles. The summed E-state index contributed by atoms with van der Waals surface area (Å²) in [5.74, 6) is 2.48. The van der Waals surface area contributed by atoms with Crippen LogP contribution in [0.15, 0.2) is 6.07 Å². The Morgan fingerprint density at radius 3 is 2.94 bits per heavy atom. The first-order valence-corrected chi connectivity index (χ1v) is 6.01. The number of aryl methyl sites for hydroxylation is 2. The number of nitrogens with zero attached hydrogens (tertiary/aromatic N) is 2. The molecule has 0 saturated heterocycles. The topological polar surface area (TPSA) is 46.9 Å². The first-order valence-electron chi connectivity index (χ1n) is 6.01. The summed E-state index contributed by atoms with van der Waals surface area (Å²) in [4.78, 5) is 11.9. The molecule has 0 aromatic carbocycles. The predicted molar refractivity (Wildman–Crippen MR) is 67.7 cm³/mol. The van der Waals surface area contributed by atoms with Crippen LogP contribution in [0, 0.1) is 12.3 Å². The van der Waals surface area contributed by atoms with Gasteiger partial charge < -0.3 is 5.32 Å². The number of terminal acetylenes is 1. The Kier molecular flexibility index (Phi) is 5.28. The fourth-order valence-electron chi connectivity index (χ4n) is 1.55. The molecule has 1 rings (SSSR count). The molecule has 1 aromatic rings. The molecule has 0 radical (unpaired) electrons. The molecule has 0 aliphatic carbocycles. The Balaban J connectivity index is 2.61. The molecular formula is C13H19N3O. The summed E-state index contributed by atoms with van der Waals surface area (Å²) in [6.07, 6.45) is 7.48. The van der Waals surface area contributed by atoms with Crippen molar-refractivity contribution in [1.29, 1.82) is 0 Å². The van der Waals surface area contributed by atoms with Crippen molar-refractivity contribution in [3.8, 4) is 12.3 Å². The lowest BCUT2D eigenvalue weighted by Crippen LogP contribution is -2.26. The van der Waals surface area contributed by atoms with Gasteiger partial charge in [0.25, 0.3) is 5.91 Å². The lowest BCUT2D eigenvalue weighted by Gasteiger charge is -2.05. The monoisotopic (exact) mass is 233 g/mol. The standard InChI is InChI=1S/C13H19N3O/c1-4-7-8-9-14-13(17)12-10-11(5-2)15-16(12)6-3/h1,10H,5-9H2,2-3H3,(H,14,17). The molecule has 0 aliphatic rings. The van der Waals surface area contributed by atoms with Gasteiger partial charge in [-0.05, 0) is 25.8 Å². The van der Waals surface area contributed by atoms with Gasteiger partial charge in [-0.2, -0.15) is 5.10 Å². The van der Waals surface area contributed by atoms with Crippen LogP contribution in [-0.2, 0) is 13.0 Å². The summed E-state index contributed by atoms with van der Waals surface area (Å²) in [6, 6.07) is 1.85. The Labute approximate surface area is 102 Å². The average molecular weight is 233 g/mol. The predicted octanol–water partition coefficient (Wildman–Crippen LogP) is 1.61. The van der Waals surface area contributed by atoms with Gasteiger partial charge in [0.05, 0.1) is 5.69 Å². The zero-order chi connectivity index (χ0) is 12.7. The normalized spacial score (nSPS) is 9.94. The van der Waals surface area contributed by atoms with Crippen molar-refractivity contribution in [3.05, 3.63) is 17.5 Å². The third kappa shape index (κ3) is 3.63. The Bertz CT molecular complexity index is 415. The lowest BCUT2D eigenvalue weighted by molar-refractivity contribution is 0.0942. The zero-order valence-corrected chi connectivity index (χ0v) is 10.5. The summed E-state index contributed by atoms with van der Waals surface area (Å²) in [5, 5.41) is 7.19. The summed E-state index contributed by atoms with van der Waals surface area (Å²) >= 11 is 0.